The fourth-order valence-corrected chi connectivity index (χ4v) is 5.69. The van der Waals surface area contributed by atoms with Gasteiger partial charge >= 0.3 is 0 Å². The maximum absolute atomic E-state index is 13.8. The van der Waals surface area contributed by atoms with Crippen LogP contribution >= 0.6 is 0 Å². The molecule has 0 radical (unpaired) electrons. The maximum Gasteiger partial charge on any atom is 0.258 e. The molecule has 0 fully saturated rings. The fraction of sp³-hybridized carbons (Fsp3) is 0.526. The number of carbonyl (C=O) groups is 4. The van der Waals surface area contributed by atoms with Crippen LogP contribution in [0.25, 0.3) is 0 Å². The van der Waals surface area contributed by atoms with Gasteiger partial charge in [-0.1, -0.05) is 72.2 Å². The van der Waals surface area contributed by atoms with Gasteiger partial charge in [0.2, 0.25) is 17.7 Å². The number of para-hydroxylation sites is 1. The minimum atomic E-state index is -1.10. The monoisotopic (exact) mass is 705 g/mol. The minimum Gasteiger partial charge on any atom is -0.484 e. The maximum atomic E-state index is 13.8. The molecule has 0 unspecified atom stereocenters. The Balaban J connectivity index is 1.71. The molecular weight excluding hydrogens is 650 g/mol. The van der Waals surface area contributed by atoms with Gasteiger partial charge in [0, 0.05) is 30.4 Å². The van der Waals surface area contributed by atoms with Crippen molar-refractivity contribution in [2.45, 2.75) is 98.0 Å². The lowest BCUT2D eigenvalue weighted by Crippen LogP contribution is -2.55. The summed E-state index contributed by atoms with van der Waals surface area (Å²) in [5.74, 6) is -2.01. The summed E-state index contributed by atoms with van der Waals surface area (Å²) in [6.45, 7) is 11.5. The zero-order valence-corrected chi connectivity index (χ0v) is 30.6. The molecular formula is C38H55N7O6. The number of H-pyrrole nitrogens is 1. The average molecular weight is 706 g/mol. The van der Waals surface area contributed by atoms with Crippen molar-refractivity contribution in [1.29, 1.82) is 0 Å². The molecule has 0 aliphatic carbocycles. The number of hydrogen-bond acceptors (Lipinski definition) is 8. The van der Waals surface area contributed by atoms with E-state index in [1.807, 2.05) is 59.7 Å². The third-order valence-electron chi connectivity index (χ3n) is 8.86. The smallest absolute Gasteiger partial charge is 0.258 e. The van der Waals surface area contributed by atoms with Gasteiger partial charge in [0.25, 0.3) is 5.91 Å². The van der Waals surface area contributed by atoms with Crippen LogP contribution in [-0.4, -0.2) is 74.5 Å². The highest BCUT2D eigenvalue weighted by molar-refractivity contribution is 5.89. The van der Waals surface area contributed by atoms with Crippen LogP contribution in [0.2, 0.25) is 0 Å². The number of benzene rings is 1. The summed E-state index contributed by atoms with van der Waals surface area (Å²) in [6.07, 6.45) is 4.88. The molecule has 2 aromatic heterocycles. The number of rotatable bonds is 21. The molecule has 6 atom stereocenters. The lowest BCUT2D eigenvalue weighted by atomic mass is 9.85. The number of pyridine rings is 1. The zero-order chi connectivity index (χ0) is 37.3. The summed E-state index contributed by atoms with van der Waals surface area (Å²) >= 11 is 0. The van der Waals surface area contributed by atoms with Crippen molar-refractivity contribution in [3.63, 3.8) is 0 Å². The van der Waals surface area contributed by atoms with Crippen LogP contribution < -0.4 is 26.0 Å². The van der Waals surface area contributed by atoms with Gasteiger partial charge < -0.3 is 36.1 Å². The van der Waals surface area contributed by atoms with E-state index in [0.29, 0.717) is 30.0 Å². The first-order chi connectivity index (χ1) is 24.4. The standard InChI is InChI=1S/C38H55N7O6/c1-7-26(6)35(38(50)41-21-27-13-11-12-16-40-27)45-36(48)30(25(4)5)19-33(46)31(17-24(2)3)44-37(49)32(18-28-20-39-23-42-28)43-34(47)22-51-29-14-9-8-10-15-29/h8-16,20,23-26,30-33,35,46H,7,17-19,21-22H2,1-6H3,(H,39,42)(H,41,50)(H,43,47)(H,44,49)(H,45,48)/t26-,30-,31-,32-,33-,35-/m0/s1. The average Bonchev–Trinajstić information content (AvgIpc) is 3.63. The molecule has 4 amide bonds. The van der Waals surface area contributed by atoms with E-state index in [2.05, 4.69) is 36.2 Å². The first-order valence-electron chi connectivity index (χ1n) is 17.8. The third kappa shape index (κ3) is 13.8. The molecule has 0 saturated carbocycles. The second-order valence-electron chi connectivity index (χ2n) is 13.8. The number of nitrogens with zero attached hydrogens (tertiary/aromatic N) is 2. The number of ether oxygens (including phenoxy) is 1. The Kier molecular flexibility index (Phi) is 16.6. The number of amides is 4. The van der Waals surface area contributed by atoms with E-state index >= 15 is 0 Å². The van der Waals surface area contributed by atoms with Gasteiger partial charge in [-0.2, -0.15) is 0 Å². The van der Waals surface area contributed by atoms with Crippen molar-refractivity contribution in [2.75, 3.05) is 6.61 Å². The van der Waals surface area contributed by atoms with Gasteiger partial charge in [-0.3, -0.25) is 24.2 Å². The van der Waals surface area contributed by atoms with E-state index in [1.165, 1.54) is 6.33 Å². The van der Waals surface area contributed by atoms with E-state index in [4.69, 9.17) is 4.74 Å². The highest BCUT2D eigenvalue weighted by Crippen LogP contribution is 2.23. The third-order valence-corrected chi connectivity index (χ3v) is 8.86. The second-order valence-corrected chi connectivity index (χ2v) is 13.8. The van der Waals surface area contributed by atoms with E-state index in [9.17, 15) is 24.3 Å². The lowest BCUT2D eigenvalue weighted by molar-refractivity contribution is -0.134. The summed E-state index contributed by atoms with van der Waals surface area (Å²) in [4.78, 5) is 65.0. The summed E-state index contributed by atoms with van der Waals surface area (Å²) < 4.78 is 5.57. The van der Waals surface area contributed by atoms with Crippen LogP contribution in [0.5, 0.6) is 5.75 Å². The minimum absolute atomic E-state index is 0.0481. The molecule has 0 bridgehead atoms. The van der Waals surface area contributed by atoms with E-state index in [1.54, 1.807) is 42.7 Å². The van der Waals surface area contributed by atoms with Gasteiger partial charge in [0.15, 0.2) is 6.61 Å². The van der Waals surface area contributed by atoms with Crippen molar-refractivity contribution in [3.05, 3.63) is 78.6 Å². The summed E-state index contributed by atoms with van der Waals surface area (Å²) in [7, 11) is 0. The Morgan fingerprint density at radius 2 is 1.61 bits per heavy atom. The summed E-state index contributed by atoms with van der Waals surface area (Å²) in [5.41, 5.74) is 1.34. The summed E-state index contributed by atoms with van der Waals surface area (Å²) in [6, 6.07) is 11.8. The Bertz CT molecular complexity index is 1490. The molecule has 3 aromatic rings. The molecule has 0 aliphatic rings. The molecule has 278 valence electrons. The van der Waals surface area contributed by atoms with Crippen molar-refractivity contribution in [3.8, 4) is 5.75 Å². The predicted octanol–water partition coefficient (Wildman–Crippen LogP) is 3.31. The summed E-state index contributed by atoms with van der Waals surface area (Å²) in [5, 5.41) is 23.2. The van der Waals surface area contributed by atoms with Crippen LogP contribution in [0.1, 0.15) is 72.2 Å². The Hall–Kier alpha value is -4.78. The molecule has 0 saturated heterocycles. The number of aromatic amines is 1. The Morgan fingerprint density at radius 1 is 0.882 bits per heavy atom. The van der Waals surface area contributed by atoms with Gasteiger partial charge in [-0.25, -0.2) is 4.98 Å². The largest absolute Gasteiger partial charge is 0.484 e. The topological polar surface area (TPSA) is 187 Å². The van der Waals surface area contributed by atoms with E-state index in [0.717, 1.165) is 0 Å². The number of nitrogens with one attached hydrogen (secondary N) is 5. The molecule has 6 N–H and O–H groups in total. The Labute approximate surface area is 301 Å². The normalized spacial score (nSPS) is 14.8. The second kappa shape index (κ2) is 20.8. The zero-order valence-electron chi connectivity index (χ0n) is 30.6. The number of aromatic nitrogens is 3. The lowest BCUT2D eigenvalue weighted by Gasteiger charge is -2.32. The van der Waals surface area contributed by atoms with Gasteiger partial charge in [0.1, 0.15) is 17.8 Å². The van der Waals surface area contributed by atoms with Gasteiger partial charge in [-0.15, -0.1) is 0 Å². The molecule has 0 aliphatic heterocycles. The molecule has 2 heterocycles. The fourth-order valence-electron chi connectivity index (χ4n) is 5.69. The van der Waals surface area contributed by atoms with Crippen molar-refractivity contribution >= 4 is 23.6 Å². The first kappa shape index (κ1) is 40.6. The van der Waals surface area contributed by atoms with Crippen molar-refractivity contribution in [1.82, 2.24) is 36.2 Å². The number of imidazole rings is 1. The number of hydrogen-bond donors (Lipinski definition) is 6. The molecule has 0 spiro atoms. The van der Waals surface area contributed by atoms with Gasteiger partial charge in [0.05, 0.1) is 30.7 Å². The predicted molar refractivity (Wildman–Crippen MR) is 194 cm³/mol. The molecule has 13 nitrogen and oxygen atoms in total. The Morgan fingerprint density at radius 3 is 2.22 bits per heavy atom. The molecule has 1 aromatic carbocycles. The highest BCUT2D eigenvalue weighted by atomic mass is 16.5. The van der Waals surface area contributed by atoms with Crippen molar-refractivity contribution < 1.29 is 29.0 Å². The first-order valence-corrected chi connectivity index (χ1v) is 17.8. The number of aliphatic hydroxyl groups excluding tert-OH is 1. The van der Waals surface area contributed by atoms with Crippen LogP contribution in [-0.2, 0) is 32.1 Å². The molecule has 3 rings (SSSR count). The number of carbonyl (C=O) groups excluding carboxylic acids is 4. The van der Waals surface area contributed by atoms with E-state index < -0.39 is 42.0 Å². The quantitative estimate of drug-likeness (QED) is 0.0974. The van der Waals surface area contributed by atoms with Crippen LogP contribution in [0, 0.1) is 23.7 Å². The van der Waals surface area contributed by atoms with Crippen LogP contribution in [0.15, 0.2) is 67.3 Å². The van der Waals surface area contributed by atoms with Gasteiger partial charge in [-0.05, 0) is 54.9 Å². The molecule has 13 heteroatoms. The van der Waals surface area contributed by atoms with E-state index in [-0.39, 0.29) is 55.6 Å². The van der Waals surface area contributed by atoms with Crippen LogP contribution in [0.3, 0.4) is 0 Å². The number of aliphatic hydroxyl groups is 1. The van der Waals surface area contributed by atoms with Crippen molar-refractivity contribution in [2.24, 2.45) is 23.7 Å². The molecule has 51 heavy (non-hydrogen) atoms. The SMILES string of the molecule is CC[C@H](C)[C@H](NC(=O)[C@@H](C[C@H](O)[C@H](CC(C)C)NC(=O)[C@H](Cc1cnc[nH]1)NC(=O)COc1ccccc1)C(C)C)C(=O)NCc1ccccn1. The van der Waals surface area contributed by atoms with Crippen LogP contribution in [0.4, 0.5) is 0 Å². The highest BCUT2D eigenvalue weighted by Gasteiger charge is 2.35.